The molecule has 19 heavy (non-hydrogen) atoms. The first-order chi connectivity index (χ1) is 9.04. The summed E-state index contributed by atoms with van der Waals surface area (Å²) in [6.07, 6.45) is 2.84. The molecule has 0 spiro atoms. The van der Waals surface area contributed by atoms with Gasteiger partial charge in [0.1, 0.15) is 0 Å². The van der Waals surface area contributed by atoms with Crippen molar-refractivity contribution in [2.24, 2.45) is 5.41 Å². The number of nitrogens with one attached hydrogen (secondary N) is 3. The van der Waals surface area contributed by atoms with Crippen molar-refractivity contribution in [1.29, 1.82) is 0 Å². The van der Waals surface area contributed by atoms with Gasteiger partial charge in [-0.3, -0.25) is 4.79 Å². The van der Waals surface area contributed by atoms with Gasteiger partial charge in [0.2, 0.25) is 0 Å². The molecule has 4 N–H and O–H groups in total. The van der Waals surface area contributed by atoms with Gasteiger partial charge in [0.25, 0.3) is 0 Å². The minimum Gasteiger partial charge on any atom is -0.481 e. The number of hydrogen-bond acceptors (Lipinski definition) is 3. The number of rotatable bonds is 6. The topological polar surface area (TPSA) is 90.5 Å². The molecule has 6 heteroatoms. The van der Waals surface area contributed by atoms with Gasteiger partial charge >= 0.3 is 12.0 Å². The summed E-state index contributed by atoms with van der Waals surface area (Å²) >= 11 is 0. The van der Waals surface area contributed by atoms with Crippen LogP contribution < -0.4 is 16.0 Å². The number of carboxylic acid groups (broad SMARTS) is 1. The fraction of sp³-hybridized carbons (Fsp3) is 0.846. The molecule has 0 aliphatic carbocycles. The second kappa shape index (κ2) is 7.33. The second-order valence-electron chi connectivity index (χ2n) is 5.14. The Balaban J connectivity index is 2.41. The van der Waals surface area contributed by atoms with E-state index in [2.05, 4.69) is 16.0 Å². The van der Waals surface area contributed by atoms with Gasteiger partial charge in [0.05, 0.1) is 5.41 Å². The molecule has 2 amide bonds. The molecule has 0 atom stereocenters. The highest BCUT2D eigenvalue weighted by Gasteiger charge is 2.35. The molecule has 1 saturated heterocycles. The normalized spacial score (nSPS) is 16.9. The van der Waals surface area contributed by atoms with E-state index in [4.69, 9.17) is 0 Å². The zero-order valence-electron chi connectivity index (χ0n) is 11.8. The van der Waals surface area contributed by atoms with E-state index in [0.29, 0.717) is 12.8 Å². The summed E-state index contributed by atoms with van der Waals surface area (Å²) in [4.78, 5) is 23.1. The van der Waals surface area contributed by atoms with Gasteiger partial charge in [-0.1, -0.05) is 13.8 Å². The van der Waals surface area contributed by atoms with Crippen molar-refractivity contribution in [2.45, 2.75) is 45.6 Å². The molecule has 1 fully saturated rings. The highest BCUT2D eigenvalue weighted by molar-refractivity contribution is 5.78. The first-order valence-electron chi connectivity index (χ1n) is 7.02. The Morgan fingerprint density at radius 2 is 1.84 bits per heavy atom. The van der Waals surface area contributed by atoms with Crippen molar-refractivity contribution < 1.29 is 14.7 Å². The van der Waals surface area contributed by atoms with Gasteiger partial charge in [0, 0.05) is 12.6 Å². The van der Waals surface area contributed by atoms with E-state index in [1.54, 1.807) is 0 Å². The molecule has 0 saturated carbocycles. The van der Waals surface area contributed by atoms with E-state index in [0.717, 1.165) is 25.9 Å². The van der Waals surface area contributed by atoms with E-state index in [1.807, 2.05) is 13.8 Å². The first-order valence-corrected chi connectivity index (χ1v) is 7.02. The van der Waals surface area contributed by atoms with Crippen LogP contribution in [0, 0.1) is 5.41 Å². The van der Waals surface area contributed by atoms with E-state index in [1.165, 1.54) is 0 Å². The quantitative estimate of drug-likeness (QED) is 0.578. The molecule has 0 aromatic rings. The fourth-order valence-electron chi connectivity index (χ4n) is 2.33. The summed E-state index contributed by atoms with van der Waals surface area (Å²) < 4.78 is 0. The van der Waals surface area contributed by atoms with Crippen LogP contribution in [0.1, 0.15) is 39.5 Å². The third-order valence-electron chi connectivity index (χ3n) is 4.07. The molecule has 0 radical (unpaired) electrons. The predicted octanol–water partition coefficient (Wildman–Crippen LogP) is 0.929. The van der Waals surface area contributed by atoms with Gasteiger partial charge in [-0.05, 0) is 38.8 Å². The Kier molecular flexibility index (Phi) is 6.08. The van der Waals surface area contributed by atoms with Crippen LogP contribution in [0.25, 0.3) is 0 Å². The molecule has 0 aromatic carbocycles. The monoisotopic (exact) mass is 271 g/mol. The van der Waals surface area contributed by atoms with Crippen LogP contribution in [-0.4, -0.2) is 42.8 Å². The zero-order chi connectivity index (χ0) is 14.3. The molecule has 1 aliphatic heterocycles. The Bertz CT molecular complexity index is 310. The first kappa shape index (κ1) is 15.8. The standard InChI is InChI=1S/C13H25N3O3/c1-3-13(4-2,11(17)18)9-15-12(19)16-10-5-7-14-8-6-10/h10,14H,3-9H2,1-2H3,(H,17,18)(H2,15,16,19). The average Bonchev–Trinajstić information content (AvgIpc) is 2.41. The molecule has 1 aliphatic rings. The summed E-state index contributed by atoms with van der Waals surface area (Å²) in [7, 11) is 0. The van der Waals surface area contributed by atoms with Gasteiger partial charge in [-0.2, -0.15) is 0 Å². The van der Waals surface area contributed by atoms with Crippen molar-refractivity contribution in [3.63, 3.8) is 0 Å². The summed E-state index contributed by atoms with van der Waals surface area (Å²) in [6, 6.07) is -0.0804. The maximum atomic E-state index is 11.8. The molecule has 110 valence electrons. The largest absolute Gasteiger partial charge is 0.481 e. The van der Waals surface area contributed by atoms with Crippen LogP contribution in [0.15, 0.2) is 0 Å². The van der Waals surface area contributed by atoms with Crippen molar-refractivity contribution >= 4 is 12.0 Å². The molecular formula is C13H25N3O3. The SMILES string of the molecule is CCC(CC)(CNC(=O)NC1CCNCC1)C(=O)O. The van der Waals surface area contributed by atoms with Crippen molar-refractivity contribution in [1.82, 2.24) is 16.0 Å². The molecule has 0 bridgehead atoms. The van der Waals surface area contributed by atoms with Crippen LogP contribution in [0.4, 0.5) is 4.79 Å². The summed E-state index contributed by atoms with van der Waals surface area (Å²) in [5.74, 6) is -0.848. The maximum absolute atomic E-state index is 11.8. The minimum absolute atomic E-state index is 0.173. The Morgan fingerprint density at radius 3 is 2.32 bits per heavy atom. The third kappa shape index (κ3) is 4.38. The van der Waals surface area contributed by atoms with Gasteiger partial charge < -0.3 is 21.1 Å². The Morgan fingerprint density at radius 1 is 1.26 bits per heavy atom. The van der Waals surface area contributed by atoms with Crippen molar-refractivity contribution in [3.05, 3.63) is 0 Å². The highest BCUT2D eigenvalue weighted by Crippen LogP contribution is 2.25. The van der Waals surface area contributed by atoms with E-state index in [-0.39, 0.29) is 18.6 Å². The van der Waals surface area contributed by atoms with Gasteiger partial charge in [-0.15, -0.1) is 0 Å². The third-order valence-corrected chi connectivity index (χ3v) is 4.07. The summed E-state index contributed by atoms with van der Waals surface area (Å²) in [5, 5.41) is 18.1. The van der Waals surface area contributed by atoms with Crippen molar-refractivity contribution in [3.8, 4) is 0 Å². The van der Waals surface area contributed by atoms with Gasteiger partial charge in [-0.25, -0.2) is 4.79 Å². The van der Waals surface area contributed by atoms with Crippen LogP contribution in [0.2, 0.25) is 0 Å². The molecular weight excluding hydrogens is 246 g/mol. The number of piperidine rings is 1. The average molecular weight is 271 g/mol. The van der Waals surface area contributed by atoms with E-state index in [9.17, 15) is 14.7 Å². The van der Waals surface area contributed by atoms with Crippen LogP contribution >= 0.6 is 0 Å². The van der Waals surface area contributed by atoms with Crippen molar-refractivity contribution in [2.75, 3.05) is 19.6 Å². The Hall–Kier alpha value is -1.30. The van der Waals surface area contributed by atoms with E-state index >= 15 is 0 Å². The molecule has 1 heterocycles. The molecule has 0 unspecified atom stereocenters. The minimum atomic E-state index is -0.856. The smallest absolute Gasteiger partial charge is 0.315 e. The fourth-order valence-corrected chi connectivity index (χ4v) is 2.33. The van der Waals surface area contributed by atoms with Crippen LogP contribution in [0.3, 0.4) is 0 Å². The number of hydrogen-bond donors (Lipinski definition) is 4. The summed E-state index contributed by atoms with van der Waals surface area (Å²) in [6.45, 7) is 5.67. The molecule has 1 rings (SSSR count). The second-order valence-corrected chi connectivity index (χ2v) is 5.14. The number of carbonyl (C=O) groups excluding carboxylic acids is 1. The highest BCUT2D eigenvalue weighted by atomic mass is 16.4. The lowest BCUT2D eigenvalue weighted by atomic mass is 9.82. The number of carbonyl (C=O) groups is 2. The zero-order valence-corrected chi connectivity index (χ0v) is 11.8. The lowest BCUT2D eigenvalue weighted by Crippen LogP contribution is -2.50. The van der Waals surface area contributed by atoms with Crippen LogP contribution in [0.5, 0.6) is 0 Å². The maximum Gasteiger partial charge on any atom is 0.315 e. The number of carboxylic acids is 1. The Labute approximate surface area is 114 Å². The molecule has 6 nitrogen and oxygen atoms in total. The lowest BCUT2D eigenvalue weighted by molar-refractivity contribution is -0.149. The summed E-state index contributed by atoms with van der Waals surface area (Å²) in [5.41, 5.74) is -0.856. The van der Waals surface area contributed by atoms with Gasteiger partial charge in [0.15, 0.2) is 0 Å². The number of urea groups is 1. The predicted molar refractivity (Wildman–Crippen MR) is 73.1 cm³/mol. The number of aliphatic carboxylic acids is 1. The number of amides is 2. The lowest BCUT2D eigenvalue weighted by Gasteiger charge is -2.28. The van der Waals surface area contributed by atoms with Crippen LogP contribution in [-0.2, 0) is 4.79 Å². The van der Waals surface area contributed by atoms with E-state index < -0.39 is 11.4 Å². The molecule has 0 aromatic heterocycles.